The molecule has 3 rings (SSSR count). The minimum Gasteiger partial charge on any atom is -0.213 e. The first-order valence-electron chi connectivity index (χ1n) is 5.47. The lowest BCUT2D eigenvalue weighted by molar-refractivity contribution is 0.821. The predicted molar refractivity (Wildman–Crippen MR) is 75.9 cm³/mol. The molecule has 2 aromatic carbocycles. The molecule has 0 N–H and O–H groups in total. The number of fused-ring (bicyclic) bond motifs is 1. The van der Waals surface area contributed by atoms with Crippen LogP contribution in [0.5, 0.6) is 0 Å². The Morgan fingerprint density at radius 3 is 2.78 bits per heavy atom. The van der Waals surface area contributed by atoms with Crippen LogP contribution in [0, 0.1) is 6.92 Å². The van der Waals surface area contributed by atoms with Crippen molar-refractivity contribution in [2.75, 3.05) is 0 Å². The van der Waals surface area contributed by atoms with Crippen molar-refractivity contribution in [2.24, 2.45) is 0 Å². The van der Waals surface area contributed by atoms with Crippen LogP contribution in [-0.2, 0) is 0 Å². The Bertz CT molecular complexity index is 713. The number of rotatable bonds is 1. The van der Waals surface area contributed by atoms with Crippen molar-refractivity contribution in [1.82, 2.24) is 15.0 Å². The van der Waals surface area contributed by atoms with E-state index in [0.29, 0.717) is 5.02 Å². The molecular weight excluding hydrogens is 266 g/mol. The Kier molecular flexibility index (Phi) is 2.76. The van der Waals surface area contributed by atoms with Gasteiger partial charge in [0.1, 0.15) is 5.52 Å². The van der Waals surface area contributed by atoms with Crippen LogP contribution in [0.1, 0.15) is 5.56 Å². The molecule has 3 nitrogen and oxygen atoms in total. The van der Waals surface area contributed by atoms with Crippen LogP contribution in [-0.4, -0.2) is 15.0 Å². The zero-order valence-corrected chi connectivity index (χ0v) is 11.3. The van der Waals surface area contributed by atoms with Crippen LogP contribution < -0.4 is 0 Å². The lowest BCUT2D eigenvalue weighted by Gasteiger charge is -2.07. The lowest BCUT2D eigenvalue weighted by Crippen LogP contribution is -1.97. The van der Waals surface area contributed by atoms with Gasteiger partial charge in [-0.3, -0.25) is 0 Å². The molecule has 0 radical (unpaired) electrons. The quantitative estimate of drug-likeness (QED) is 0.687. The van der Waals surface area contributed by atoms with E-state index in [9.17, 15) is 0 Å². The van der Waals surface area contributed by atoms with Crippen molar-refractivity contribution < 1.29 is 0 Å². The van der Waals surface area contributed by atoms with Gasteiger partial charge in [0, 0.05) is 9.92 Å². The Morgan fingerprint density at radius 1 is 1.22 bits per heavy atom. The smallest absolute Gasteiger partial charge is 0.113 e. The zero-order chi connectivity index (χ0) is 12.7. The van der Waals surface area contributed by atoms with E-state index in [-0.39, 0.29) is 0 Å². The molecule has 90 valence electrons. The van der Waals surface area contributed by atoms with Crippen LogP contribution in [0.3, 0.4) is 0 Å². The second-order valence-corrected chi connectivity index (χ2v) is 4.95. The number of aromatic nitrogens is 3. The Balaban J connectivity index is 2.26. The van der Waals surface area contributed by atoms with Gasteiger partial charge in [0.05, 0.1) is 11.2 Å². The summed E-state index contributed by atoms with van der Waals surface area (Å²) in [5, 5.41) is 8.95. The number of hydrogen-bond acceptors (Lipinski definition) is 3. The molecule has 0 atom stereocenters. The molecular formula is C13H10ClN3S. The Labute approximate surface area is 115 Å². The summed E-state index contributed by atoms with van der Waals surface area (Å²) in [6.45, 7) is 1.94. The second kappa shape index (κ2) is 4.30. The third kappa shape index (κ3) is 1.78. The average Bonchev–Trinajstić information content (AvgIpc) is 2.79. The maximum atomic E-state index is 6.18. The fourth-order valence-corrected chi connectivity index (χ4v) is 2.36. The van der Waals surface area contributed by atoms with Gasteiger partial charge in [0.2, 0.25) is 0 Å². The summed E-state index contributed by atoms with van der Waals surface area (Å²) in [6, 6.07) is 11.6. The highest BCUT2D eigenvalue weighted by Gasteiger charge is 2.09. The summed E-state index contributed by atoms with van der Waals surface area (Å²) >= 11 is 10.6. The van der Waals surface area contributed by atoms with Crippen LogP contribution >= 0.6 is 24.2 Å². The number of thiol groups is 1. The molecule has 0 aliphatic carbocycles. The van der Waals surface area contributed by atoms with Gasteiger partial charge in [0.25, 0.3) is 0 Å². The van der Waals surface area contributed by atoms with Gasteiger partial charge in [0.15, 0.2) is 0 Å². The molecule has 18 heavy (non-hydrogen) atoms. The van der Waals surface area contributed by atoms with Crippen LogP contribution in [0.4, 0.5) is 0 Å². The third-order valence-electron chi connectivity index (χ3n) is 2.90. The van der Waals surface area contributed by atoms with E-state index >= 15 is 0 Å². The molecule has 0 saturated carbocycles. The predicted octanol–water partition coefficient (Wildman–Crippen LogP) is 3.67. The van der Waals surface area contributed by atoms with Crippen LogP contribution in [0.2, 0.25) is 5.02 Å². The molecule has 3 aromatic rings. The summed E-state index contributed by atoms with van der Waals surface area (Å²) in [7, 11) is 0. The maximum absolute atomic E-state index is 6.18. The molecule has 1 heterocycles. The molecule has 0 amide bonds. The largest absolute Gasteiger partial charge is 0.213 e. The zero-order valence-electron chi connectivity index (χ0n) is 9.63. The first-order valence-corrected chi connectivity index (χ1v) is 6.29. The Morgan fingerprint density at radius 2 is 2.00 bits per heavy atom. The van der Waals surface area contributed by atoms with Gasteiger partial charge in [-0.25, -0.2) is 4.68 Å². The molecule has 0 saturated heterocycles. The fraction of sp³-hybridized carbons (Fsp3) is 0.0769. The molecule has 5 heteroatoms. The monoisotopic (exact) mass is 275 g/mol. The van der Waals surface area contributed by atoms with E-state index in [1.54, 1.807) is 4.68 Å². The molecule has 1 aromatic heterocycles. The maximum Gasteiger partial charge on any atom is 0.113 e. The topological polar surface area (TPSA) is 30.7 Å². The number of para-hydroxylation sites is 1. The van der Waals surface area contributed by atoms with Crippen molar-refractivity contribution in [2.45, 2.75) is 11.8 Å². The molecule has 0 aliphatic heterocycles. The van der Waals surface area contributed by atoms with Crippen LogP contribution in [0.15, 0.2) is 41.3 Å². The van der Waals surface area contributed by atoms with E-state index in [4.69, 9.17) is 11.6 Å². The van der Waals surface area contributed by atoms with E-state index in [0.717, 1.165) is 27.2 Å². The van der Waals surface area contributed by atoms with Gasteiger partial charge in [-0.15, -0.1) is 17.7 Å². The lowest BCUT2D eigenvalue weighted by atomic mass is 10.2. The number of benzene rings is 2. The third-order valence-corrected chi connectivity index (χ3v) is 3.76. The highest BCUT2D eigenvalue weighted by atomic mass is 35.5. The van der Waals surface area contributed by atoms with Crippen molar-refractivity contribution in [3.05, 3.63) is 47.0 Å². The number of halogens is 1. The molecule has 0 fully saturated rings. The summed E-state index contributed by atoms with van der Waals surface area (Å²) in [4.78, 5) is 0.845. The van der Waals surface area contributed by atoms with E-state index in [1.165, 1.54) is 0 Å². The van der Waals surface area contributed by atoms with Gasteiger partial charge in [-0.1, -0.05) is 28.9 Å². The first-order chi connectivity index (χ1) is 8.66. The summed E-state index contributed by atoms with van der Waals surface area (Å²) in [6.07, 6.45) is 0. The molecule has 0 aliphatic rings. The van der Waals surface area contributed by atoms with Crippen molar-refractivity contribution in [3.63, 3.8) is 0 Å². The summed E-state index contributed by atoms with van der Waals surface area (Å²) in [5.74, 6) is 0. The first kappa shape index (κ1) is 11.6. The molecule has 0 bridgehead atoms. The van der Waals surface area contributed by atoms with E-state index < -0.39 is 0 Å². The molecule has 0 spiro atoms. The van der Waals surface area contributed by atoms with Crippen molar-refractivity contribution in [1.29, 1.82) is 0 Å². The fourth-order valence-electron chi connectivity index (χ4n) is 1.83. The number of hydrogen-bond donors (Lipinski definition) is 1. The van der Waals surface area contributed by atoms with Crippen molar-refractivity contribution >= 4 is 35.3 Å². The van der Waals surface area contributed by atoms with Gasteiger partial charge in [-0.05, 0) is 36.8 Å². The highest BCUT2D eigenvalue weighted by Crippen LogP contribution is 2.27. The number of nitrogens with zero attached hydrogens (tertiary/aromatic N) is 3. The van der Waals surface area contributed by atoms with Gasteiger partial charge < -0.3 is 0 Å². The molecule has 0 unspecified atom stereocenters. The highest BCUT2D eigenvalue weighted by molar-refractivity contribution is 7.80. The SMILES string of the molecule is Cc1c(S)cc(-n2nnc3ccccc32)cc1Cl. The van der Waals surface area contributed by atoms with Crippen LogP contribution in [0.25, 0.3) is 16.7 Å². The minimum absolute atomic E-state index is 0.678. The Hall–Kier alpha value is -1.52. The summed E-state index contributed by atoms with van der Waals surface area (Å²) < 4.78 is 1.76. The van der Waals surface area contributed by atoms with Gasteiger partial charge in [-0.2, -0.15) is 0 Å². The standard InChI is InChI=1S/C13H10ClN3S/c1-8-10(14)6-9(7-13(8)18)17-12-5-3-2-4-11(12)15-16-17/h2-7,18H,1H3. The normalized spacial score (nSPS) is 11.1. The second-order valence-electron chi connectivity index (χ2n) is 4.06. The van der Waals surface area contributed by atoms with Gasteiger partial charge >= 0.3 is 0 Å². The minimum atomic E-state index is 0.678. The average molecular weight is 276 g/mol. The van der Waals surface area contributed by atoms with E-state index in [2.05, 4.69) is 22.9 Å². The van der Waals surface area contributed by atoms with Crippen molar-refractivity contribution in [3.8, 4) is 5.69 Å². The van der Waals surface area contributed by atoms with E-state index in [1.807, 2.05) is 43.3 Å². The summed E-state index contributed by atoms with van der Waals surface area (Å²) in [5.41, 5.74) is 3.64.